The molecule has 0 atom stereocenters. The van der Waals surface area contributed by atoms with Gasteiger partial charge in [0.05, 0.1) is 10.1 Å². The van der Waals surface area contributed by atoms with E-state index in [4.69, 9.17) is 0 Å². The van der Waals surface area contributed by atoms with E-state index in [1.165, 1.54) is 12.1 Å². The van der Waals surface area contributed by atoms with Crippen LogP contribution in [0.5, 0.6) is 0 Å². The van der Waals surface area contributed by atoms with Gasteiger partial charge < -0.3 is 0 Å². The van der Waals surface area contributed by atoms with Gasteiger partial charge in [-0.25, -0.2) is 8.42 Å². The topological polar surface area (TPSA) is 51.2 Å². The molecule has 0 aliphatic carbocycles. The predicted octanol–water partition coefficient (Wildman–Crippen LogP) is 3.24. The Hall–Kier alpha value is -1.16. The molecule has 0 saturated heterocycles. The lowest BCUT2D eigenvalue weighted by Gasteiger charge is -2.08. The van der Waals surface area contributed by atoms with Gasteiger partial charge in [-0.15, -0.1) is 0 Å². The van der Waals surface area contributed by atoms with Gasteiger partial charge in [0.1, 0.15) is 0 Å². The molecule has 0 aliphatic heterocycles. The van der Waals surface area contributed by atoms with Gasteiger partial charge in [-0.1, -0.05) is 25.5 Å². The van der Waals surface area contributed by atoms with Crippen LogP contribution in [0.25, 0.3) is 0 Å². The zero-order chi connectivity index (χ0) is 13.8. The van der Waals surface area contributed by atoms with E-state index in [9.17, 15) is 13.2 Å². The van der Waals surface area contributed by atoms with Crippen molar-refractivity contribution in [1.82, 2.24) is 0 Å². The second-order valence-corrected chi connectivity index (χ2v) is 7.15. The largest absolute Gasteiger partial charge is 0.294 e. The zero-order valence-corrected chi connectivity index (χ0v) is 12.0. The number of unbranched alkanes of at least 4 members (excludes halogenated alkanes) is 1. The highest BCUT2D eigenvalue weighted by Gasteiger charge is 2.19. The third-order valence-electron chi connectivity index (χ3n) is 2.88. The quantitative estimate of drug-likeness (QED) is 0.744. The molecule has 0 unspecified atom stereocenters. The first-order valence-electron chi connectivity index (χ1n) is 6.26. The zero-order valence-electron chi connectivity index (χ0n) is 11.1. The van der Waals surface area contributed by atoms with E-state index in [1.807, 2.05) is 6.92 Å². The normalized spacial score (nSPS) is 11.8. The fraction of sp³-hybridized carbons (Fsp3) is 0.500. The summed E-state index contributed by atoms with van der Waals surface area (Å²) in [4.78, 5) is 12.0. The van der Waals surface area contributed by atoms with Crippen LogP contribution in [-0.2, 0) is 9.84 Å². The standard InChI is InChI=1S/C14H20O3S/c1-4-5-6-14(15)12-7-9-13(10-8-12)18(16,17)11(2)3/h7-11H,4-6H2,1-3H3. The number of hydrogen-bond donors (Lipinski definition) is 0. The smallest absolute Gasteiger partial charge is 0.180 e. The number of ketones is 1. The van der Waals surface area contributed by atoms with Crippen LogP contribution in [-0.4, -0.2) is 19.5 Å². The van der Waals surface area contributed by atoms with Gasteiger partial charge in [-0.2, -0.15) is 0 Å². The molecule has 0 aliphatic rings. The van der Waals surface area contributed by atoms with Gasteiger partial charge >= 0.3 is 0 Å². The molecular formula is C14H20O3S. The van der Waals surface area contributed by atoms with Crippen LogP contribution in [0.3, 0.4) is 0 Å². The Morgan fingerprint density at radius 3 is 2.17 bits per heavy atom. The highest BCUT2D eigenvalue weighted by molar-refractivity contribution is 7.92. The molecule has 0 fully saturated rings. The van der Waals surface area contributed by atoms with Crippen molar-refractivity contribution in [1.29, 1.82) is 0 Å². The second kappa shape index (κ2) is 6.14. The number of sulfone groups is 1. The molecule has 1 aromatic carbocycles. The molecule has 0 spiro atoms. The highest BCUT2D eigenvalue weighted by Crippen LogP contribution is 2.17. The van der Waals surface area contributed by atoms with E-state index in [2.05, 4.69) is 0 Å². The average molecular weight is 268 g/mol. The van der Waals surface area contributed by atoms with Gasteiger partial charge in [0.15, 0.2) is 15.6 Å². The lowest BCUT2D eigenvalue weighted by molar-refractivity contribution is 0.0979. The molecular weight excluding hydrogens is 248 g/mol. The van der Waals surface area contributed by atoms with E-state index >= 15 is 0 Å². The van der Waals surface area contributed by atoms with E-state index in [0.717, 1.165) is 12.8 Å². The van der Waals surface area contributed by atoms with Gasteiger partial charge in [0, 0.05) is 12.0 Å². The van der Waals surface area contributed by atoms with E-state index in [1.54, 1.807) is 26.0 Å². The summed E-state index contributed by atoms with van der Waals surface area (Å²) in [6.07, 6.45) is 2.36. The Morgan fingerprint density at radius 2 is 1.72 bits per heavy atom. The monoisotopic (exact) mass is 268 g/mol. The average Bonchev–Trinajstić information content (AvgIpc) is 2.35. The van der Waals surface area contributed by atoms with Crippen molar-refractivity contribution in [3.05, 3.63) is 29.8 Å². The number of benzene rings is 1. The van der Waals surface area contributed by atoms with E-state index < -0.39 is 15.1 Å². The third-order valence-corrected chi connectivity index (χ3v) is 5.05. The molecule has 3 nitrogen and oxygen atoms in total. The van der Waals surface area contributed by atoms with E-state index in [0.29, 0.717) is 12.0 Å². The molecule has 1 rings (SSSR count). The van der Waals surface area contributed by atoms with Crippen molar-refractivity contribution in [3.63, 3.8) is 0 Å². The summed E-state index contributed by atoms with van der Waals surface area (Å²) in [5.74, 6) is 0.0744. The molecule has 4 heteroatoms. The maximum Gasteiger partial charge on any atom is 0.180 e. The van der Waals surface area contributed by atoms with Crippen molar-refractivity contribution in [3.8, 4) is 0 Å². The van der Waals surface area contributed by atoms with Crippen molar-refractivity contribution < 1.29 is 13.2 Å². The van der Waals surface area contributed by atoms with Crippen LogP contribution in [0.2, 0.25) is 0 Å². The minimum absolute atomic E-state index is 0.0744. The molecule has 0 amide bonds. The summed E-state index contributed by atoms with van der Waals surface area (Å²) < 4.78 is 23.8. The Labute approximate surface area is 109 Å². The van der Waals surface area contributed by atoms with Crippen LogP contribution in [0.1, 0.15) is 50.4 Å². The second-order valence-electron chi connectivity index (χ2n) is 4.64. The van der Waals surface area contributed by atoms with Gasteiger partial charge in [-0.3, -0.25) is 4.79 Å². The molecule has 100 valence electrons. The molecule has 0 aromatic heterocycles. The number of hydrogen-bond acceptors (Lipinski definition) is 3. The van der Waals surface area contributed by atoms with Crippen LogP contribution in [0, 0.1) is 0 Å². The molecule has 18 heavy (non-hydrogen) atoms. The Morgan fingerprint density at radius 1 is 1.17 bits per heavy atom. The van der Waals surface area contributed by atoms with Crippen LogP contribution >= 0.6 is 0 Å². The number of rotatable bonds is 6. The lowest BCUT2D eigenvalue weighted by atomic mass is 10.1. The number of Topliss-reactive ketones (excluding diaryl/α,β-unsaturated/α-hetero) is 1. The molecule has 0 bridgehead atoms. The van der Waals surface area contributed by atoms with Crippen molar-refractivity contribution in [2.75, 3.05) is 0 Å². The minimum Gasteiger partial charge on any atom is -0.294 e. The lowest BCUT2D eigenvalue weighted by Crippen LogP contribution is -2.14. The first-order chi connectivity index (χ1) is 8.39. The van der Waals surface area contributed by atoms with Crippen molar-refractivity contribution >= 4 is 15.6 Å². The third kappa shape index (κ3) is 3.42. The maximum absolute atomic E-state index is 11.9. The van der Waals surface area contributed by atoms with Gasteiger partial charge in [0.25, 0.3) is 0 Å². The van der Waals surface area contributed by atoms with Gasteiger partial charge in [-0.05, 0) is 32.4 Å². The van der Waals surface area contributed by atoms with Crippen molar-refractivity contribution in [2.24, 2.45) is 0 Å². The van der Waals surface area contributed by atoms with Crippen molar-refractivity contribution in [2.45, 2.75) is 50.2 Å². The molecule has 0 N–H and O–H groups in total. The Kier molecular flexibility index (Phi) is 5.08. The van der Waals surface area contributed by atoms with Crippen LogP contribution in [0.4, 0.5) is 0 Å². The minimum atomic E-state index is -3.25. The summed E-state index contributed by atoms with van der Waals surface area (Å²) >= 11 is 0. The van der Waals surface area contributed by atoms with Crippen LogP contribution in [0.15, 0.2) is 29.2 Å². The molecule has 0 heterocycles. The predicted molar refractivity (Wildman–Crippen MR) is 72.6 cm³/mol. The fourth-order valence-corrected chi connectivity index (χ4v) is 2.64. The molecule has 0 saturated carbocycles. The van der Waals surface area contributed by atoms with Crippen LogP contribution < -0.4 is 0 Å². The molecule has 0 radical (unpaired) electrons. The molecule has 1 aromatic rings. The summed E-state index contributed by atoms with van der Waals surface area (Å²) in [5, 5.41) is -0.445. The fourth-order valence-electron chi connectivity index (χ4n) is 1.58. The highest BCUT2D eigenvalue weighted by atomic mass is 32.2. The first kappa shape index (κ1) is 14.9. The Balaban J connectivity index is 2.90. The first-order valence-corrected chi connectivity index (χ1v) is 7.81. The Bertz CT molecular complexity index is 498. The number of carbonyl (C=O) groups excluding carboxylic acids is 1. The summed E-state index contributed by atoms with van der Waals surface area (Å²) in [5.41, 5.74) is 0.589. The SMILES string of the molecule is CCCCC(=O)c1ccc(S(=O)(=O)C(C)C)cc1. The van der Waals surface area contributed by atoms with Gasteiger partial charge in [0.2, 0.25) is 0 Å². The summed E-state index contributed by atoms with van der Waals surface area (Å²) in [7, 11) is -3.25. The summed E-state index contributed by atoms with van der Waals surface area (Å²) in [6, 6.07) is 6.25. The summed E-state index contributed by atoms with van der Waals surface area (Å²) in [6.45, 7) is 5.33. The van der Waals surface area contributed by atoms with E-state index in [-0.39, 0.29) is 10.7 Å². The number of carbonyl (C=O) groups is 1. The maximum atomic E-state index is 11.9.